The van der Waals surface area contributed by atoms with Crippen LogP contribution in [0.25, 0.3) is 0 Å². The standard InChI is InChI=1S/C16H17N/c1-16(2,14-11-7-4-8-12-14)15(17)13-9-5-3-6-10-13/h3-12,17H,1-2H3. The molecule has 2 aromatic rings. The third-order valence-corrected chi connectivity index (χ3v) is 3.18. The number of hydrogen-bond donors (Lipinski definition) is 1. The van der Waals surface area contributed by atoms with Gasteiger partial charge in [-0.3, -0.25) is 0 Å². The van der Waals surface area contributed by atoms with Gasteiger partial charge in [0.25, 0.3) is 0 Å². The van der Waals surface area contributed by atoms with E-state index in [0.717, 1.165) is 5.56 Å². The van der Waals surface area contributed by atoms with Gasteiger partial charge >= 0.3 is 0 Å². The van der Waals surface area contributed by atoms with Gasteiger partial charge in [-0.15, -0.1) is 0 Å². The minimum absolute atomic E-state index is 0.261. The summed E-state index contributed by atoms with van der Waals surface area (Å²) in [4.78, 5) is 0. The number of rotatable bonds is 3. The Balaban J connectivity index is 2.37. The van der Waals surface area contributed by atoms with E-state index < -0.39 is 0 Å². The second-order valence-corrected chi connectivity index (χ2v) is 4.73. The molecule has 0 saturated carbocycles. The predicted octanol–water partition coefficient (Wildman–Crippen LogP) is 4.03. The van der Waals surface area contributed by atoms with Crippen LogP contribution in [-0.2, 0) is 5.41 Å². The normalized spacial score (nSPS) is 11.2. The van der Waals surface area contributed by atoms with Crippen molar-refractivity contribution in [2.75, 3.05) is 0 Å². The molecule has 0 amide bonds. The van der Waals surface area contributed by atoms with Crippen molar-refractivity contribution in [3.8, 4) is 0 Å². The minimum atomic E-state index is -0.261. The predicted molar refractivity (Wildman–Crippen MR) is 72.7 cm³/mol. The zero-order chi connectivity index (χ0) is 12.3. The largest absolute Gasteiger partial charge is 0.304 e. The molecule has 0 aliphatic heterocycles. The SMILES string of the molecule is CC(C)(C(=N)c1ccccc1)c1ccccc1. The summed E-state index contributed by atoms with van der Waals surface area (Å²) in [5.41, 5.74) is 2.56. The van der Waals surface area contributed by atoms with Gasteiger partial charge < -0.3 is 5.41 Å². The number of benzene rings is 2. The first-order chi connectivity index (χ1) is 8.12. The van der Waals surface area contributed by atoms with Gasteiger partial charge in [0, 0.05) is 11.1 Å². The quantitative estimate of drug-likeness (QED) is 0.760. The summed E-state index contributed by atoms with van der Waals surface area (Å²) in [6.07, 6.45) is 0. The number of nitrogens with one attached hydrogen (secondary N) is 1. The second-order valence-electron chi connectivity index (χ2n) is 4.73. The van der Waals surface area contributed by atoms with E-state index in [1.807, 2.05) is 48.5 Å². The fraction of sp³-hybridized carbons (Fsp3) is 0.188. The summed E-state index contributed by atoms with van der Waals surface area (Å²) < 4.78 is 0. The summed E-state index contributed by atoms with van der Waals surface area (Å²) in [7, 11) is 0. The first-order valence-corrected chi connectivity index (χ1v) is 5.82. The monoisotopic (exact) mass is 223 g/mol. The van der Waals surface area contributed by atoms with Crippen molar-refractivity contribution in [1.82, 2.24) is 0 Å². The van der Waals surface area contributed by atoms with Gasteiger partial charge in [0.2, 0.25) is 0 Å². The van der Waals surface area contributed by atoms with Gasteiger partial charge in [0.1, 0.15) is 0 Å². The third kappa shape index (κ3) is 2.28. The molecular formula is C16H17N. The summed E-state index contributed by atoms with van der Waals surface area (Å²) in [6.45, 7) is 4.19. The molecule has 1 nitrogen and oxygen atoms in total. The lowest BCUT2D eigenvalue weighted by Gasteiger charge is -2.26. The van der Waals surface area contributed by atoms with Gasteiger partial charge in [-0.05, 0) is 11.1 Å². The zero-order valence-corrected chi connectivity index (χ0v) is 10.3. The Morgan fingerprint density at radius 3 is 1.82 bits per heavy atom. The van der Waals surface area contributed by atoms with Crippen molar-refractivity contribution in [3.05, 3.63) is 71.8 Å². The summed E-state index contributed by atoms with van der Waals surface area (Å²) in [5.74, 6) is 0. The van der Waals surface area contributed by atoms with Gasteiger partial charge in [-0.1, -0.05) is 74.5 Å². The molecule has 0 aliphatic rings. The van der Waals surface area contributed by atoms with Crippen molar-refractivity contribution < 1.29 is 0 Å². The highest BCUT2D eigenvalue weighted by Crippen LogP contribution is 2.27. The van der Waals surface area contributed by atoms with Crippen LogP contribution in [0, 0.1) is 5.41 Å². The van der Waals surface area contributed by atoms with Crippen LogP contribution in [0.1, 0.15) is 25.0 Å². The summed E-state index contributed by atoms with van der Waals surface area (Å²) in [6, 6.07) is 20.1. The molecule has 1 N–H and O–H groups in total. The molecule has 1 heteroatoms. The van der Waals surface area contributed by atoms with Crippen LogP contribution >= 0.6 is 0 Å². The maximum atomic E-state index is 8.37. The lowest BCUT2D eigenvalue weighted by Crippen LogP contribution is -2.29. The van der Waals surface area contributed by atoms with Crippen LogP contribution in [0.15, 0.2) is 60.7 Å². The van der Waals surface area contributed by atoms with Crippen LogP contribution in [0.4, 0.5) is 0 Å². The molecule has 0 atom stereocenters. The molecule has 0 unspecified atom stereocenters. The first-order valence-electron chi connectivity index (χ1n) is 5.82. The van der Waals surface area contributed by atoms with Crippen LogP contribution in [-0.4, -0.2) is 5.71 Å². The van der Waals surface area contributed by atoms with Crippen molar-refractivity contribution in [1.29, 1.82) is 5.41 Å². The molecule has 0 heterocycles. The molecule has 0 aromatic heterocycles. The Morgan fingerprint density at radius 2 is 1.29 bits per heavy atom. The topological polar surface area (TPSA) is 23.9 Å². The van der Waals surface area contributed by atoms with Crippen molar-refractivity contribution in [2.45, 2.75) is 19.3 Å². The first kappa shape index (κ1) is 11.6. The van der Waals surface area contributed by atoms with Crippen LogP contribution in [0.2, 0.25) is 0 Å². The van der Waals surface area contributed by atoms with Crippen LogP contribution < -0.4 is 0 Å². The Kier molecular flexibility index (Phi) is 3.10. The third-order valence-electron chi connectivity index (χ3n) is 3.18. The highest BCUT2D eigenvalue weighted by molar-refractivity contribution is 6.05. The smallest absolute Gasteiger partial charge is 0.0486 e. The van der Waals surface area contributed by atoms with Crippen LogP contribution in [0.3, 0.4) is 0 Å². The zero-order valence-electron chi connectivity index (χ0n) is 10.3. The van der Waals surface area contributed by atoms with E-state index in [1.54, 1.807) is 0 Å². The fourth-order valence-electron chi connectivity index (χ4n) is 1.96. The Bertz CT molecular complexity index is 498. The second kappa shape index (κ2) is 4.54. The summed E-state index contributed by atoms with van der Waals surface area (Å²) in [5, 5.41) is 8.37. The molecule has 0 spiro atoms. The lowest BCUT2D eigenvalue weighted by molar-refractivity contribution is 0.713. The molecule has 0 saturated heterocycles. The van der Waals surface area contributed by atoms with Crippen molar-refractivity contribution in [2.24, 2.45) is 0 Å². The number of hydrogen-bond acceptors (Lipinski definition) is 1. The molecule has 2 rings (SSSR count). The van der Waals surface area contributed by atoms with E-state index in [-0.39, 0.29) is 5.41 Å². The molecule has 0 bridgehead atoms. The summed E-state index contributed by atoms with van der Waals surface area (Å²) >= 11 is 0. The maximum Gasteiger partial charge on any atom is 0.0486 e. The molecule has 86 valence electrons. The molecule has 2 aromatic carbocycles. The van der Waals surface area contributed by atoms with E-state index in [1.165, 1.54) is 5.56 Å². The molecule has 17 heavy (non-hydrogen) atoms. The maximum absolute atomic E-state index is 8.37. The molecule has 0 radical (unpaired) electrons. The average molecular weight is 223 g/mol. The van der Waals surface area contributed by atoms with E-state index >= 15 is 0 Å². The highest BCUT2D eigenvalue weighted by Gasteiger charge is 2.26. The lowest BCUT2D eigenvalue weighted by atomic mass is 9.77. The van der Waals surface area contributed by atoms with E-state index in [0.29, 0.717) is 5.71 Å². The van der Waals surface area contributed by atoms with Crippen LogP contribution in [0.5, 0.6) is 0 Å². The van der Waals surface area contributed by atoms with E-state index in [2.05, 4.69) is 26.0 Å². The molecular weight excluding hydrogens is 206 g/mol. The van der Waals surface area contributed by atoms with E-state index in [9.17, 15) is 0 Å². The van der Waals surface area contributed by atoms with Crippen molar-refractivity contribution >= 4 is 5.71 Å². The Labute approximate surface area is 103 Å². The Hall–Kier alpha value is -1.89. The van der Waals surface area contributed by atoms with Gasteiger partial charge in [-0.2, -0.15) is 0 Å². The Morgan fingerprint density at radius 1 is 0.824 bits per heavy atom. The van der Waals surface area contributed by atoms with Gasteiger partial charge in [0.05, 0.1) is 0 Å². The average Bonchev–Trinajstić information content (AvgIpc) is 2.40. The highest BCUT2D eigenvalue weighted by atomic mass is 14.5. The minimum Gasteiger partial charge on any atom is -0.304 e. The van der Waals surface area contributed by atoms with Crippen molar-refractivity contribution in [3.63, 3.8) is 0 Å². The van der Waals surface area contributed by atoms with E-state index in [4.69, 9.17) is 5.41 Å². The fourth-order valence-corrected chi connectivity index (χ4v) is 1.96. The molecule has 0 fully saturated rings. The molecule has 0 aliphatic carbocycles. The van der Waals surface area contributed by atoms with Gasteiger partial charge in [0.15, 0.2) is 0 Å². The van der Waals surface area contributed by atoms with Gasteiger partial charge in [-0.25, -0.2) is 0 Å².